The highest BCUT2D eigenvalue weighted by atomic mass is 16.6. The van der Waals surface area contributed by atoms with E-state index in [0.29, 0.717) is 0 Å². The molecule has 124 valence electrons. The van der Waals surface area contributed by atoms with Crippen molar-refractivity contribution in [3.05, 3.63) is 58.0 Å². The van der Waals surface area contributed by atoms with Crippen molar-refractivity contribution in [3.8, 4) is 0 Å². The fourth-order valence-electron chi connectivity index (χ4n) is 3.06. The Labute approximate surface area is 138 Å². The summed E-state index contributed by atoms with van der Waals surface area (Å²) in [5.41, 5.74) is 2.80. The zero-order chi connectivity index (χ0) is 17.5. The minimum absolute atomic E-state index is 0.0927. The van der Waals surface area contributed by atoms with E-state index in [0.717, 1.165) is 16.9 Å². The molecule has 8 heteroatoms. The Kier molecular flexibility index (Phi) is 3.67. The van der Waals surface area contributed by atoms with E-state index in [-0.39, 0.29) is 17.7 Å². The van der Waals surface area contributed by atoms with Crippen molar-refractivity contribution in [1.82, 2.24) is 14.8 Å². The Bertz CT molecular complexity index is 853. The molecule has 0 amide bonds. The van der Waals surface area contributed by atoms with Crippen LogP contribution in [0.2, 0.25) is 0 Å². The summed E-state index contributed by atoms with van der Waals surface area (Å²) < 4.78 is 1.17. The molecule has 0 atom stereocenters. The molecule has 8 nitrogen and oxygen atoms in total. The minimum atomic E-state index is -0.691. The second-order valence-electron chi connectivity index (χ2n) is 6.20. The molecule has 0 fully saturated rings. The van der Waals surface area contributed by atoms with Crippen LogP contribution >= 0.6 is 0 Å². The lowest BCUT2D eigenvalue weighted by molar-refractivity contribution is -0.394. The van der Waals surface area contributed by atoms with E-state index in [9.17, 15) is 14.9 Å². The summed E-state index contributed by atoms with van der Waals surface area (Å²) in [5, 5.41) is 14.3. The largest absolute Gasteiger partial charge is 0.490 e. The van der Waals surface area contributed by atoms with Gasteiger partial charge in [-0.3, -0.25) is 4.79 Å². The maximum absolute atomic E-state index is 12.4. The average Bonchev–Trinajstić information content (AvgIpc) is 3.06. The van der Waals surface area contributed by atoms with Crippen LogP contribution in [-0.2, 0) is 16.8 Å². The summed E-state index contributed by atoms with van der Waals surface area (Å²) in [6, 6.07) is 8.01. The summed E-state index contributed by atoms with van der Waals surface area (Å²) in [6.07, 6.45) is 2.76. The van der Waals surface area contributed by atoms with Crippen LogP contribution in [-0.4, -0.2) is 32.5 Å². The van der Waals surface area contributed by atoms with E-state index in [1.165, 1.54) is 11.0 Å². The summed E-state index contributed by atoms with van der Waals surface area (Å²) in [6.45, 7) is 4.04. The number of carbonyl (C=O) groups is 1. The lowest BCUT2D eigenvalue weighted by Crippen LogP contribution is -2.24. The Morgan fingerprint density at radius 1 is 1.38 bits per heavy atom. The van der Waals surface area contributed by atoms with Gasteiger partial charge in [0.1, 0.15) is 6.54 Å². The van der Waals surface area contributed by atoms with Gasteiger partial charge in [0.2, 0.25) is 6.33 Å². The molecular formula is C16H17N5O3. The molecule has 0 radical (unpaired) electrons. The lowest BCUT2D eigenvalue weighted by Gasteiger charge is -2.23. The zero-order valence-corrected chi connectivity index (χ0v) is 13.6. The van der Waals surface area contributed by atoms with Gasteiger partial charge in [-0.15, -0.1) is 0 Å². The van der Waals surface area contributed by atoms with Crippen molar-refractivity contribution >= 4 is 17.4 Å². The van der Waals surface area contributed by atoms with E-state index in [1.54, 1.807) is 6.08 Å². The highest BCUT2D eigenvalue weighted by Crippen LogP contribution is 2.46. The van der Waals surface area contributed by atoms with Crippen molar-refractivity contribution in [3.63, 3.8) is 0 Å². The average molecular weight is 327 g/mol. The predicted octanol–water partition coefficient (Wildman–Crippen LogP) is 2.07. The van der Waals surface area contributed by atoms with E-state index in [1.807, 2.05) is 30.1 Å². The Hall–Kier alpha value is -3.03. The van der Waals surface area contributed by atoms with Crippen molar-refractivity contribution < 1.29 is 9.72 Å². The van der Waals surface area contributed by atoms with Crippen LogP contribution in [0.5, 0.6) is 0 Å². The molecular weight excluding hydrogens is 310 g/mol. The molecule has 3 rings (SSSR count). The molecule has 24 heavy (non-hydrogen) atoms. The number of benzene rings is 1. The van der Waals surface area contributed by atoms with Crippen molar-refractivity contribution in [1.29, 1.82) is 0 Å². The molecule has 0 spiro atoms. The maximum Gasteiger partial charge on any atom is 0.490 e. The topological polar surface area (TPSA) is 94.2 Å². The third-order valence-electron chi connectivity index (χ3n) is 4.24. The van der Waals surface area contributed by atoms with Gasteiger partial charge < -0.3 is 15.0 Å². The van der Waals surface area contributed by atoms with E-state index >= 15 is 0 Å². The molecule has 1 aliphatic rings. The summed E-state index contributed by atoms with van der Waals surface area (Å²) >= 11 is 0. The van der Waals surface area contributed by atoms with E-state index in [4.69, 9.17) is 0 Å². The maximum atomic E-state index is 12.4. The van der Waals surface area contributed by atoms with Gasteiger partial charge in [-0.1, -0.05) is 37.0 Å². The summed E-state index contributed by atoms with van der Waals surface area (Å²) in [4.78, 5) is 27.8. The fourth-order valence-corrected chi connectivity index (χ4v) is 3.06. The monoisotopic (exact) mass is 327 g/mol. The van der Waals surface area contributed by atoms with Crippen LogP contribution in [0.15, 0.2) is 42.4 Å². The van der Waals surface area contributed by atoms with Crippen LogP contribution in [0.1, 0.15) is 19.4 Å². The van der Waals surface area contributed by atoms with Gasteiger partial charge in [-0.05, 0) is 16.6 Å². The first-order chi connectivity index (χ1) is 11.3. The predicted molar refractivity (Wildman–Crippen MR) is 87.6 cm³/mol. The number of hydrogen-bond acceptors (Lipinski definition) is 6. The van der Waals surface area contributed by atoms with Crippen LogP contribution in [0.25, 0.3) is 0 Å². The third kappa shape index (κ3) is 2.55. The molecule has 0 unspecified atom stereocenters. The number of rotatable bonds is 4. The molecule has 2 heterocycles. The normalized spacial score (nSPS) is 17.1. The SMILES string of the molecule is CN1/C(=C\C(=O)Cn2cnc([N+](=O)[O-])n2)C(C)(C)c2ccccc21. The molecule has 1 aromatic carbocycles. The Balaban J connectivity index is 1.85. The molecule has 2 aromatic rings. The van der Waals surface area contributed by atoms with Gasteiger partial charge in [-0.2, -0.15) is 4.68 Å². The number of allylic oxidation sites excluding steroid dienone is 2. The van der Waals surface area contributed by atoms with Crippen molar-refractivity contribution in [2.75, 3.05) is 11.9 Å². The number of para-hydroxylation sites is 1. The molecule has 0 aliphatic carbocycles. The zero-order valence-electron chi connectivity index (χ0n) is 13.6. The first kappa shape index (κ1) is 15.9. The highest BCUT2D eigenvalue weighted by molar-refractivity contribution is 5.92. The van der Waals surface area contributed by atoms with Gasteiger partial charge in [0.15, 0.2) is 5.78 Å². The van der Waals surface area contributed by atoms with Crippen LogP contribution in [0, 0.1) is 10.1 Å². The van der Waals surface area contributed by atoms with E-state index < -0.39 is 10.9 Å². The number of nitrogens with zero attached hydrogens (tertiary/aromatic N) is 5. The van der Waals surface area contributed by atoms with Crippen LogP contribution in [0.4, 0.5) is 11.6 Å². The van der Waals surface area contributed by atoms with E-state index in [2.05, 4.69) is 30.0 Å². The molecule has 0 saturated carbocycles. The number of anilines is 1. The third-order valence-corrected chi connectivity index (χ3v) is 4.24. The number of ketones is 1. The molecule has 1 aromatic heterocycles. The van der Waals surface area contributed by atoms with Crippen LogP contribution < -0.4 is 4.90 Å². The Morgan fingerprint density at radius 3 is 2.71 bits per heavy atom. The lowest BCUT2D eigenvalue weighted by atomic mass is 9.83. The summed E-state index contributed by atoms with van der Waals surface area (Å²) in [5.74, 6) is -0.710. The second kappa shape index (κ2) is 5.55. The number of fused-ring (bicyclic) bond motifs is 1. The molecule has 0 N–H and O–H groups in total. The molecule has 0 saturated heterocycles. The summed E-state index contributed by atoms with van der Waals surface area (Å²) in [7, 11) is 1.92. The van der Waals surface area contributed by atoms with Gasteiger partial charge in [0, 0.05) is 35.0 Å². The quantitative estimate of drug-likeness (QED) is 0.485. The molecule has 1 aliphatic heterocycles. The molecule has 0 bridgehead atoms. The van der Waals surface area contributed by atoms with Crippen molar-refractivity contribution in [2.45, 2.75) is 25.8 Å². The fraction of sp³-hybridized carbons (Fsp3) is 0.312. The minimum Gasteiger partial charge on any atom is -0.390 e. The smallest absolute Gasteiger partial charge is 0.390 e. The first-order valence-corrected chi connectivity index (χ1v) is 7.43. The number of carbonyl (C=O) groups excluding carboxylic acids is 1. The standard InChI is InChI=1S/C16H17N5O3/c1-16(2)12-6-4-5-7-13(12)19(3)14(16)8-11(22)9-20-10-17-15(18-20)21(23)24/h4-8,10H,9H2,1-3H3/b14-8-. The highest BCUT2D eigenvalue weighted by Gasteiger charge is 2.38. The van der Waals surface area contributed by atoms with Gasteiger partial charge in [0.25, 0.3) is 0 Å². The van der Waals surface area contributed by atoms with Crippen LogP contribution in [0.3, 0.4) is 0 Å². The number of hydrogen-bond donors (Lipinski definition) is 0. The number of aromatic nitrogens is 3. The van der Waals surface area contributed by atoms with Gasteiger partial charge in [0.05, 0.1) is 0 Å². The van der Waals surface area contributed by atoms with Crippen molar-refractivity contribution in [2.24, 2.45) is 0 Å². The van der Waals surface area contributed by atoms with Gasteiger partial charge >= 0.3 is 5.95 Å². The Morgan fingerprint density at radius 2 is 2.08 bits per heavy atom. The number of likely N-dealkylation sites (N-methyl/N-ethyl adjacent to an activating group) is 1. The first-order valence-electron chi connectivity index (χ1n) is 7.43. The second-order valence-corrected chi connectivity index (χ2v) is 6.20. The van der Waals surface area contributed by atoms with Gasteiger partial charge in [-0.25, -0.2) is 0 Å². The number of nitro groups is 1.